The first-order valence-electron chi connectivity index (χ1n) is 11.2. The SMILES string of the molecule is CCCCOc1cccc(C(O)=C2C(=O)C(=O)N(CCCN(C)C)C2c2cccc(Br)c2)c1. The highest BCUT2D eigenvalue weighted by Gasteiger charge is 2.45. The minimum absolute atomic E-state index is 0.105. The fraction of sp³-hybridized carbons (Fsp3) is 0.385. The van der Waals surface area contributed by atoms with E-state index in [1.165, 1.54) is 0 Å². The number of unbranched alkanes of at least 4 members (excludes halogenated alkanes) is 1. The third-order valence-electron chi connectivity index (χ3n) is 5.58. The molecule has 0 aromatic heterocycles. The van der Waals surface area contributed by atoms with Crippen molar-refractivity contribution < 1.29 is 19.4 Å². The van der Waals surface area contributed by atoms with Crippen molar-refractivity contribution in [2.24, 2.45) is 0 Å². The van der Waals surface area contributed by atoms with Gasteiger partial charge in [-0.15, -0.1) is 0 Å². The summed E-state index contributed by atoms with van der Waals surface area (Å²) in [6, 6.07) is 13.9. The van der Waals surface area contributed by atoms with Crippen molar-refractivity contribution in [3.8, 4) is 5.75 Å². The van der Waals surface area contributed by atoms with Gasteiger partial charge >= 0.3 is 0 Å². The zero-order valence-corrected chi connectivity index (χ0v) is 21.0. The van der Waals surface area contributed by atoms with Crippen molar-refractivity contribution in [3.63, 3.8) is 0 Å². The molecule has 1 unspecified atom stereocenters. The minimum Gasteiger partial charge on any atom is -0.507 e. The van der Waals surface area contributed by atoms with Gasteiger partial charge in [-0.05, 0) is 63.3 Å². The van der Waals surface area contributed by atoms with Crippen molar-refractivity contribution in [1.29, 1.82) is 0 Å². The number of nitrogens with zero attached hydrogens (tertiary/aromatic N) is 2. The van der Waals surface area contributed by atoms with E-state index in [4.69, 9.17) is 4.74 Å². The summed E-state index contributed by atoms with van der Waals surface area (Å²) >= 11 is 3.48. The molecule has 2 aromatic rings. The number of halogens is 1. The highest BCUT2D eigenvalue weighted by atomic mass is 79.9. The smallest absolute Gasteiger partial charge is 0.295 e. The van der Waals surface area contributed by atoms with E-state index in [9.17, 15) is 14.7 Å². The Kier molecular flexibility index (Phi) is 8.69. The Bertz CT molecular complexity index is 1030. The van der Waals surface area contributed by atoms with Crippen LogP contribution in [-0.4, -0.2) is 60.4 Å². The van der Waals surface area contributed by atoms with Crippen LogP contribution >= 0.6 is 15.9 Å². The van der Waals surface area contributed by atoms with Gasteiger partial charge in [-0.2, -0.15) is 0 Å². The van der Waals surface area contributed by atoms with Crippen LogP contribution in [0.3, 0.4) is 0 Å². The molecule has 3 rings (SSSR count). The third-order valence-corrected chi connectivity index (χ3v) is 6.08. The van der Waals surface area contributed by atoms with Gasteiger partial charge in [-0.3, -0.25) is 9.59 Å². The number of rotatable bonds is 10. The van der Waals surface area contributed by atoms with Gasteiger partial charge in [-0.25, -0.2) is 0 Å². The highest BCUT2D eigenvalue weighted by Crippen LogP contribution is 2.40. The maximum atomic E-state index is 13.1. The van der Waals surface area contributed by atoms with E-state index in [0.717, 1.165) is 29.4 Å². The number of likely N-dealkylation sites (tertiary alicyclic amines) is 1. The second kappa shape index (κ2) is 11.5. The van der Waals surface area contributed by atoms with E-state index in [1.54, 1.807) is 23.1 Å². The Hall–Kier alpha value is -2.64. The number of carbonyl (C=O) groups is 2. The lowest BCUT2D eigenvalue weighted by Gasteiger charge is -2.26. The number of aliphatic hydroxyl groups is 1. The van der Waals surface area contributed by atoms with Gasteiger partial charge in [0.2, 0.25) is 0 Å². The van der Waals surface area contributed by atoms with E-state index in [-0.39, 0.29) is 11.3 Å². The first-order valence-corrected chi connectivity index (χ1v) is 12.0. The molecule has 7 heteroatoms. The number of ketones is 1. The first kappa shape index (κ1) is 25.0. The van der Waals surface area contributed by atoms with Crippen LogP contribution in [0.5, 0.6) is 5.75 Å². The summed E-state index contributed by atoms with van der Waals surface area (Å²) in [4.78, 5) is 29.8. The quantitative estimate of drug-likeness (QED) is 0.209. The van der Waals surface area contributed by atoms with Crippen LogP contribution in [0.15, 0.2) is 58.6 Å². The van der Waals surface area contributed by atoms with Crippen molar-refractivity contribution in [2.75, 3.05) is 33.8 Å². The maximum Gasteiger partial charge on any atom is 0.295 e. The van der Waals surface area contributed by atoms with Crippen LogP contribution in [0, 0.1) is 0 Å². The molecule has 0 saturated carbocycles. The van der Waals surface area contributed by atoms with Gasteiger partial charge in [0.1, 0.15) is 11.5 Å². The maximum absolute atomic E-state index is 13.1. The van der Waals surface area contributed by atoms with Crippen molar-refractivity contribution in [1.82, 2.24) is 9.80 Å². The van der Waals surface area contributed by atoms with E-state index < -0.39 is 17.7 Å². The Morgan fingerprint density at radius 1 is 1.12 bits per heavy atom. The summed E-state index contributed by atoms with van der Waals surface area (Å²) in [5.74, 6) is -0.823. The summed E-state index contributed by atoms with van der Waals surface area (Å²) < 4.78 is 6.60. The number of hydrogen-bond donors (Lipinski definition) is 1. The molecular weight excluding hydrogens is 484 g/mol. The summed E-state index contributed by atoms with van der Waals surface area (Å²) in [6.07, 6.45) is 2.66. The minimum atomic E-state index is -0.667. The number of carbonyl (C=O) groups excluding carboxylic acids is 2. The lowest BCUT2D eigenvalue weighted by atomic mass is 9.95. The van der Waals surface area contributed by atoms with Crippen LogP contribution in [0.1, 0.15) is 43.4 Å². The number of Topliss-reactive ketones (excluding diaryl/α,β-unsaturated/α-hetero) is 1. The topological polar surface area (TPSA) is 70.1 Å². The van der Waals surface area contributed by atoms with Gasteiger partial charge in [-0.1, -0.05) is 53.5 Å². The average molecular weight is 515 g/mol. The Morgan fingerprint density at radius 2 is 1.88 bits per heavy atom. The van der Waals surface area contributed by atoms with Crippen LogP contribution < -0.4 is 4.74 Å². The molecule has 0 aliphatic carbocycles. The number of hydrogen-bond acceptors (Lipinski definition) is 5. The molecule has 1 amide bonds. The molecule has 2 aromatic carbocycles. The first-order chi connectivity index (χ1) is 15.8. The molecular formula is C26H31BrN2O4. The normalized spacial score (nSPS) is 17.7. The van der Waals surface area contributed by atoms with Gasteiger partial charge < -0.3 is 19.6 Å². The van der Waals surface area contributed by atoms with Crippen LogP contribution in [0.25, 0.3) is 5.76 Å². The zero-order valence-electron chi connectivity index (χ0n) is 19.4. The van der Waals surface area contributed by atoms with E-state index >= 15 is 0 Å². The van der Waals surface area contributed by atoms with Gasteiger partial charge in [0, 0.05) is 16.6 Å². The molecule has 1 aliphatic rings. The number of ether oxygens (including phenoxy) is 1. The lowest BCUT2D eigenvalue weighted by Crippen LogP contribution is -2.32. The van der Waals surface area contributed by atoms with Gasteiger partial charge in [0.05, 0.1) is 18.2 Å². The van der Waals surface area contributed by atoms with Crippen LogP contribution in [0.2, 0.25) is 0 Å². The highest BCUT2D eigenvalue weighted by molar-refractivity contribution is 9.10. The summed E-state index contributed by atoms with van der Waals surface area (Å²) in [5, 5.41) is 11.2. The Balaban J connectivity index is 2.03. The number of amides is 1. The molecule has 1 fully saturated rings. The summed E-state index contributed by atoms with van der Waals surface area (Å²) in [5.41, 5.74) is 1.33. The molecule has 1 saturated heterocycles. The van der Waals surface area contributed by atoms with Gasteiger partial charge in [0.15, 0.2) is 0 Å². The summed E-state index contributed by atoms with van der Waals surface area (Å²) in [7, 11) is 3.94. The van der Waals surface area contributed by atoms with Crippen molar-refractivity contribution >= 4 is 33.4 Å². The lowest BCUT2D eigenvalue weighted by molar-refractivity contribution is -0.139. The van der Waals surface area contributed by atoms with Crippen LogP contribution in [0.4, 0.5) is 0 Å². The molecule has 1 heterocycles. The molecule has 0 spiro atoms. The monoisotopic (exact) mass is 514 g/mol. The van der Waals surface area contributed by atoms with E-state index in [1.807, 2.05) is 49.3 Å². The number of aliphatic hydroxyl groups excluding tert-OH is 1. The Labute approximate surface area is 204 Å². The largest absolute Gasteiger partial charge is 0.507 e. The predicted molar refractivity (Wildman–Crippen MR) is 133 cm³/mol. The van der Waals surface area contributed by atoms with Crippen LogP contribution in [-0.2, 0) is 9.59 Å². The summed E-state index contributed by atoms with van der Waals surface area (Å²) in [6.45, 7) is 3.86. The fourth-order valence-electron chi connectivity index (χ4n) is 3.91. The molecule has 0 radical (unpaired) electrons. The molecule has 1 atom stereocenters. The Morgan fingerprint density at radius 3 is 2.58 bits per heavy atom. The second-order valence-corrected chi connectivity index (χ2v) is 9.35. The second-order valence-electron chi connectivity index (χ2n) is 8.43. The number of benzene rings is 2. The molecule has 1 aliphatic heterocycles. The molecule has 6 nitrogen and oxygen atoms in total. The van der Waals surface area contributed by atoms with Crippen molar-refractivity contribution in [2.45, 2.75) is 32.2 Å². The van der Waals surface area contributed by atoms with Crippen molar-refractivity contribution in [3.05, 3.63) is 69.7 Å². The standard InChI is InChI=1S/C26H31BrN2O4/c1-4-5-15-33-21-12-7-10-19(17-21)24(30)22-23(18-9-6-11-20(27)16-18)29(26(32)25(22)31)14-8-13-28(2)3/h6-7,9-12,16-17,23,30H,4-5,8,13-15H2,1-3H3. The third kappa shape index (κ3) is 6.03. The van der Waals surface area contributed by atoms with Gasteiger partial charge in [0.25, 0.3) is 11.7 Å². The van der Waals surface area contributed by atoms with E-state index in [0.29, 0.717) is 30.9 Å². The average Bonchev–Trinajstić information content (AvgIpc) is 3.04. The molecule has 33 heavy (non-hydrogen) atoms. The fourth-order valence-corrected chi connectivity index (χ4v) is 4.33. The zero-order chi connectivity index (χ0) is 24.0. The predicted octanol–water partition coefficient (Wildman–Crippen LogP) is 5.00. The molecule has 1 N–H and O–H groups in total. The molecule has 176 valence electrons. The molecule has 0 bridgehead atoms. The van der Waals surface area contributed by atoms with E-state index in [2.05, 4.69) is 22.9 Å².